The third-order valence-electron chi connectivity index (χ3n) is 5.51. The van der Waals surface area contributed by atoms with Gasteiger partial charge in [-0.2, -0.15) is 4.39 Å². The minimum atomic E-state index is -1.26. The first-order valence-electron chi connectivity index (χ1n) is 11.4. The molecule has 3 nitrogen and oxygen atoms in total. The SMILES string of the molecule is C/C=C/c1ccc(-c2ccc(OC(=O)c3ccc(-c4ccc(OCC)cc4F)cc3)c(F)c2F)cc1. The second-order valence-electron chi connectivity index (χ2n) is 7.90. The van der Waals surface area contributed by atoms with Crippen LogP contribution in [0.2, 0.25) is 0 Å². The van der Waals surface area contributed by atoms with Crippen molar-refractivity contribution < 1.29 is 27.4 Å². The van der Waals surface area contributed by atoms with Crippen molar-refractivity contribution in [2.24, 2.45) is 0 Å². The average Bonchev–Trinajstić information content (AvgIpc) is 2.88. The van der Waals surface area contributed by atoms with Crippen molar-refractivity contribution in [1.29, 1.82) is 0 Å². The number of hydrogen-bond acceptors (Lipinski definition) is 3. The number of carbonyl (C=O) groups is 1. The van der Waals surface area contributed by atoms with Crippen LogP contribution in [-0.4, -0.2) is 12.6 Å². The number of esters is 1. The Kier molecular flexibility index (Phi) is 7.54. The molecule has 4 rings (SSSR count). The Bertz CT molecular complexity index is 1410. The number of hydrogen-bond donors (Lipinski definition) is 0. The van der Waals surface area contributed by atoms with Gasteiger partial charge in [0.15, 0.2) is 11.6 Å². The van der Waals surface area contributed by atoms with Gasteiger partial charge in [-0.15, -0.1) is 0 Å². The van der Waals surface area contributed by atoms with Crippen LogP contribution in [0.15, 0.2) is 84.9 Å². The smallest absolute Gasteiger partial charge is 0.343 e. The summed E-state index contributed by atoms with van der Waals surface area (Å²) >= 11 is 0. The number of ether oxygens (including phenoxy) is 2. The maximum absolute atomic E-state index is 14.8. The highest BCUT2D eigenvalue weighted by Gasteiger charge is 2.19. The lowest BCUT2D eigenvalue weighted by molar-refractivity contribution is 0.0727. The van der Waals surface area contributed by atoms with Crippen LogP contribution in [0.1, 0.15) is 29.8 Å². The van der Waals surface area contributed by atoms with E-state index in [-0.39, 0.29) is 11.1 Å². The molecule has 0 fully saturated rings. The Morgan fingerprint density at radius 3 is 2.08 bits per heavy atom. The van der Waals surface area contributed by atoms with Gasteiger partial charge in [0.1, 0.15) is 11.6 Å². The van der Waals surface area contributed by atoms with Crippen LogP contribution < -0.4 is 9.47 Å². The molecule has 0 aromatic heterocycles. The first kappa shape index (κ1) is 24.8. The molecule has 4 aromatic carbocycles. The second kappa shape index (κ2) is 11.0. The van der Waals surface area contributed by atoms with E-state index >= 15 is 0 Å². The largest absolute Gasteiger partial charge is 0.494 e. The van der Waals surface area contributed by atoms with Gasteiger partial charge < -0.3 is 9.47 Å². The topological polar surface area (TPSA) is 35.5 Å². The molecule has 6 heteroatoms. The first-order chi connectivity index (χ1) is 17.4. The van der Waals surface area contributed by atoms with Gasteiger partial charge in [-0.3, -0.25) is 0 Å². The zero-order valence-electron chi connectivity index (χ0n) is 19.7. The molecule has 0 radical (unpaired) electrons. The minimum absolute atomic E-state index is 0.0565. The quantitative estimate of drug-likeness (QED) is 0.195. The summed E-state index contributed by atoms with van der Waals surface area (Å²) in [6.45, 7) is 4.12. The summed E-state index contributed by atoms with van der Waals surface area (Å²) in [6.07, 6.45) is 3.77. The molecule has 36 heavy (non-hydrogen) atoms. The maximum Gasteiger partial charge on any atom is 0.343 e. The van der Waals surface area contributed by atoms with Gasteiger partial charge in [-0.05, 0) is 66.9 Å². The van der Waals surface area contributed by atoms with Gasteiger partial charge in [0.2, 0.25) is 5.82 Å². The molecule has 4 aromatic rings. The molecule has 182 valence electrons. The fourth-order valence-electron chi connectivity index (χ4n) is 3.73. The molecule has 0 atom stereocenters. The molecule has 0 saturated heterocycles. The molecule has 0 bridgehead atoms. The van der Waals surface area contributed by atoms with Gasteiger partial charge in [-0.25, -0.2) is 13.6 Å². The highest BCUT2D eigenvalue weighted by Crippen LogP contribution is 2.31. The summed E-state index contributed by atoms with van der Waals surface area (Å²) in [5.41, 5.74) is 2.46. The van der Waals surface area contributed by atoms with Gasteiger partial charge in [-0.1, -0.05) is 48.6 Å². The molecule has 0 N–H and O–H groups in total. The van der Waals surface area contributed by atoms with E-state index < -0.39 is 29.2 Å². The highest BCUT2D eigenvalue weighted by atomic mass is 19.2. The molecule has 0 aliphatic carbocycles. The standard InChI is InChI=1S/C30H23F3O3/c1-3-5-19-6-8-21(9-7-19)25-16-17-27(29(33)28(25)32)36-30(34)22-12-10-20(11-13-22)24-15-14-23(35-4-2)18-26(24)31/h3,5-18H,4H2,1-2H3/b5-3+. The lowest BCUT2D eigenvalue weighted by atomic mass is 10.0. The summed E-state index contributed by atoms with van der Waals surface area (Å²) in [6, 6.07) is 20.0. The number of allylic oxidation sites excluding steroid dienone is 1. The van der Waals surface area contributed by atoms with E-state index in [2.05, 4.69) is 0 Å². The third-order valence-corrected chi connectivity index (χ3v) is 5.51. The van der Waals surface area contributed by atoms with Crippen LogP contribution in [0.4, 0.5) is 13.2 Å². The molecule has 0 saturated carbocycles. The van der Waals surface area contributed by atoms with E-state index in [1.54, 1.807) is 48.5 Å². The second-order valence-corrected chi connectivity index (χ2v) is 7.90. The molecule has 0 aliphatic heterocycles. The Labute approximate surface area is 207 Å². The van der Waals surface area contributed by atoms with Crippen molar-refractivity contribution in [2.75, 3.05) is 6.61 Å². The van der Waals surface area contributed by atoms with Crippen molar-refractivity contribution >= 4 is 12.0 Å². The van der Waals surface area contributed by atoms with Gasteiger partial charge in [0.05, 0.1) is 12.2 Å². The van der Waals surface area contributed by atoms with Gasteiger partial charge in [0.25, 0.3) is 0 Å². The van der Waals surface area contributed by atoms with Crippen molar-refractivity contribution in [2.45, 2.75) is 13.8 Å². The van der Waals surface area contributed by atoms with Crippen molar-refractivity contribution in [3.05, 3.63) is 114 Å². The van der Waals surface area contributed by atoms with Gasteiger partial charge >= 0.3 is 5.97 Å². The van der Waals surface area contributed by atoms with E-state index in [1.807, 2.05) is 26.0 Å². The minimum Gasteiger partial charge on any atom is -0.494 e. The summed E-state index contributed by atoms with van der Waals surface area (Å²) < 4.78 is 54.4. The molecule has 0 spiro atoms. The van der Waals surface area contributed by atoms with E-state index in [0.717, 1.165) is 5.56 Å². The molecule has 0 unspecified atom stereocenters. The lowest BCUT2D eigenvalue weighted by Gasteiger charge is -2.10. The zero-order chi connectivity index (χ0) is 25.7. The third kappa shape index (κ3) is 5.33. The first-order valence-corrected chi connectivity index (χ1v) is 11.4. The van der Waals surface area contributed by atoms with Crippen LogP contribution in [0.5, 0.6) is 11.5 Å². The molecular weight excluding hydrogens is 465 g/mol. The van der Waals surface area contributed by atoms with E-state index in [1.165, 1.54) is 30.3 Å². The van der Waals surface area contributed by atoms with Gasteiger partial charge in [0, 0.05) is 17.2 Å². The predicted molar refractivity (Wildman–Crippen MR) is 134 cm³/mol. The van der Waals surface area contributed by atoms with Crippen LogP contribution in [0.3, 0.4) is 0 Å². The number of rotatable bonds is 7. The monoisotopic (exact) mass is 488 g/mol. The number of benzene rings is 4. The molecule has 0 aliphatic rings. The Balaban J connectivity index is 1.51. The fourth-order valence-corrected chi connectivity index (χ4v) is 3.73. The average molecular weight is 489 g/mol. The highest BCUT2D eigenvalue weighted by molar-refractivity contribution is 5.91. The van der Waals surface area contributed by atoms with Crippen LogP contribution in [0, 0.1) is 17.5 Å². The molecule has 0 amide bonds. The molecular formula is C30H23F3O3. The van der Waals surface area contributed by atoms with E-state index in [4.69, 9.17) is 9.47 Å². The Morgan fingerprint density at radius 2 is 1.44 bits per heavy atom. The van der Waals surface area contributed by atoms with Crippen molar-refractivity contribution in [1.82, 2.24) is 0 Å². The van der Waals surface area contributed by atoms with Crippen LogP contribution in [-0.2, 0) is 0 Å². The van der Waals surface area contributed by atoms with E-state index in [9.17, 15) is 18.0 Å². The summed E-state index contributed by atoms with van der Waals surface area (Å²) in [4.78, 5) is 12.6. The zero-order valence-corrected chi connectivity index (χ0v) is 19.7. The van der Waals surface area contributed by atoms with E-state index in [0.29, 0.717) is 29.0 Å². The fraction of sp³-hybridized carbons (Fsp3) is 0.100. The van der Waals surface area contributed by atoms with Crippen LogP contribution in [0.25, 0.3) is 28.3 Å². The summed E-state index contributed by atoms with van der Waals surface area (Å²) in [5, 5.41) is 0. The Morgan fingerprint density at radius 1 is 0.806 bits per heavy atom. The summed E-state index contributed by atoms with van der Waals surface area (Å²) in [7, 11) is 0. The maximum atomic E-state index is 14.8. The number of carbonyl (C=O) groups excluding carboxylic acids is 1. The number of halogens is 3. The molecule has 0 heterocycles. The lowest BCUT2D eigenvalue weighted by Crippen LogP contribution is -2.10. The predicted octanol–water partition coefficient (Wildman–Crippen LogP) is 8.09. The van der Waals surface area contributed by atoms with Crippen LogP contribution >= 0.6 is 0 Å². The normalized spacial score (nSPS) is 11.0. The Hall–Kier alpha value is -4.32. The van der Waals surface area contributed by atoms with Crippen molar-refractivity contribution in [3.8, 4) is 33.8 Å². The van der Waals surface area contributed by atoms with Crippen molar-refractivity contribution in [3.63, 3.8) is 0 Å². The summed E-state index contributed by atoms with van der Waals surface area (Å²) in [5.74, 6) is -3.80.